The fraction of sp³-hybridized carbons (Fsp3) is 0.351. The molecule has 9 rings (SSSR count). The van der Waals surface area contributed by atoms with Crippen molar-refractivity contribution >= 4 is 150 Å². The van der Waals surface area contributed by atoms with Crippen LogP contribution < -0.4 is 28.9 Å². The van der Waals surface area contributed by atoms with Crippen LogP contribution in [0.4, 0.5) is 17.1 Å². The summed E-state index contributed by atoms with van der Waals surface area (Å²) in [4.78, 5) is 82.9. The molecule has 0 radical (unpaired) electrons. The summed E-state index contributed by atoms with van der Waals surface area (Å²) < 4.78 is 16.1. The zero-order valence-corrected chi connectivity index (χ0v) is 59.7. The molecule has 0 saturated carbocycles. The second-order valence-electron chi connectivity index (χ2n) is 21.3. The Morgan fingerprint density at radius 1 is 0.475 bits per heavy atom. The maximum absolute atomic E-state index is 13.3. The van der Waals surface area contributed by atoms with Crippen LogP contribution in [-0.4, -0.2) is 124 Å². The fourth-order valence-corrected chi connectivity index (χ4v) is 12.5. The van der Waals surface area contributed by atoms with Crippen molar-refractivity contribution in [3.63, 3.8) is 0 Å². The highest BCUT2D eigenvalue weighted by molar-refractivity contribution is 8.20. The van der Waals surface area contributed by atoms with Crippen molar-refractivity contribution in [1.29, 1.82) is 0 Å². The number of amides is 3. The van der Waals surface area contributed by atoms with Gasteiger partial charge in [-0.15, -0.1) is 0 Å². The van der Waals surface area contributed by atoms with Crippen LogP contribution >= 0.6 is 70.1 Å². The minimum absolute atomic E-state index is 0. The van der Waals surface area contributed by atoms with Crippen LogP contribution in [0.25, 0.3) is 18.2 Å². The summed E-state index contributed by atoms with van der Waals surface area (Å²) in [5, 5.41) is 39.5. The first-order chi connectivity index (χ1) is 46.1. The van der Waals surface area contributed by atoms with Crippen LogP contribution in [0.5, 0.6) is 17.2 Å². The van der Waals surface area contributed by atoms with E-state index in [0.29, 0.717) is 83.4 Å². The number of carbonyl (C=O) groups is 5. The molecule has 3 saturated heterocycles. The van der Waals surface area contributed by atoms with E-state index in [2.05, 4.69) is 21.9 Å². The average Bonchev–Trinajstić information content (AvgIpc) is 1.68. The molecule has 4 N–H and O–H groups in total. The van der Waals surface area contributed by atoms with Gasteiger partial charge in [0.2, 0.25) is 5.79 Å². The summed E-state index contributed by atoms with van der Waals surface area (Å²) in [6.45, 7) is 17.5. The van der Waals surface area contributed by atoms with E-state index in [-0.39, 0.29) is 84.6 Å². The van der Waals surface area contributed by atoms with E-state index in [9.17, 15) is 34.2 Å². The van der Waals surface area contributed by atoms with Gasteiger partial charge in [0.25, 0.3) is 17.7 Å². The molecule has 3 amide bonds. The Morgan fingerprint density at radius 3 is 1.04 bits per heavy atom. The van der Waals surface area contributed by atoms with Crippen LogP contribution in [0.15, 0.2) is 157 Å². The fourth-order valence-electron chi connectivity index (χ4n) is 8.77. The Hall–Kier alpha value is -7.54. The number of rotatable bonds is 24. The van der Waals surface area contributed by atoms with Gasteiger partial charge in [-0.3, -0.25) is 53.6 Å². The number of anilines is 3. The van der Waals surface area contributed by atoms with E-state index in [0.717, 1.165) is 64.1 Å². The zero-order valence-electron chi connectivity index (χ0n) is 54.9. The summed E-state index contributed by atoms with van der Waals surface area (Å²) in [7, 11) is 0. The van der Waals surface area contributed by atoms with Gasteiger partial charge < -0.3 is 34.6 Å². The number of ketones is 2. The maximum atomic E-state index is 13.3. The molecule has 3 aliphatic heterocycles. The number of thioether (sulfide) groups is 3. The number of aliphatic hydroxyl groups is 4. The van der Waals surface area contributed by atoms with Gasteiger partial charge in [-0.25, -0.2) is 0 Å². The molecular weight excluding hydrogens is 1400 g/mol. The molecule has 101 heavy (non-hydrogen) atoms. The van der Waals surface area contributed by atoms with Crippen LogP contribution in [0.3, 0.4) is 0 Å². The van der Waals surface area contributed by atoms with E-state index >= 15 is 0 Å². The van der Waals surface area contributed by atoms with Crippen LogP contribution in [0.1, 0.15) is 138 Å². The molecule has 0 aliphatic carbocycles. The summed E-state index contributed by atoms with van der Waals surface area (Å²) in [5.41, 5.74) is 7.60. The summed E-state index contributed by atoms with van der Waals surface area (Å²) in [5.74, 6) is -2.19. The van der Waals surface area contributed by atoms with Crippen LogP contribution in [0.2, 0.25) is 15.1 Å². The number of halogens is 3. The lowest BCUT2D eigenvalue weighted by atomic mass is 10.1. The van der Waals surface area contributed by atoms with E-state index in [1.165, 1.54) is 35.3 Å². The average molecular weight is 1500 g/mol. The van der Waals surface area contributed by atoms with Crippen molar-refractivity contribution in [2.24, 2.45) is 15.0 Å². The van der Waals surface area contributed by atoms with E-state index in [1.807, 2.05) is 127 Å². The van der Waals surface area contributed by atoms with Crippen molar-refractivity contribution in [3.8, 4) is 17.2 Å². The third-order valence-electron chi connectivity index (χ3n) is 13.7. The lowest BCUT2D eigenvalue weighted by Gasteiger charge is -2.19. The third kappa shape index (κ3) is 25.7. The molecule has 3 heterocycles. The van der Waals surface area contributed by atoms with Gasteiger partial charge >= 0.3 is 0 Å². The molecule has 0 unspecified atom stereocenters. The highest BCUT2D eigenvalue weighted by Gasteiger charge is 2.38. The van der Waals surface area contributed by atoms with Gasteiger partial charge in [-0.1, -0.05) is 186 Å². The first-order valence-corrected chi connectivity index (χ1v) is 34.7. The topological polar surface area (TPSA) is 241 Å². The summed E-state index contributed by atoms with van der Waals surface area (Å²) in [6, 6.07) is 38.4. The molecule has 548 valence electrons. The smallest absolute Gasteiger partial charge is 0.271 e. The van der Waals surface area contributed by atoms with Crippen molar-refractivity contribution in [2.75, 3.05) is 67.4 Å². The molecule has 0 bridgehead atoms. The second-order valence-corrected chi connectivity index (χ2v) is 25.5. The minimum atomic E-state index is -2.36. The van der Waals surface area contributed by atoms with E-state index < -0.39 is 31.4 Å². The van der Waals surface area contributed by atoms with Crippen molar-refractivity contribution in [2.45, 2.75) is 131 Å². The first kappa shape index (κ1) is 91.5. The number of carbonyl (C=O) groups excluding carboxylic acids is 5. The van der Waals surface area contributed by atoms with Crippen molar-refractivity contribution in [3.05, 3.63) is 191 Å². The number of Topliss-reactive ketones (excluding diaryl/α,β-unsaturated/α-hetero) is 2. The number of benzene rings is 6. The van der Waals surface area contributed by atoms with Gasteiger partial charge in [-0.05, 0) is 182 Å². The monoisotopic (exact) mass is 1500 g/mol. The van der Waals surface area contributed by atoms with Crippen molar-refractivity contribution < 1.29 is 58.6 Å². The number of para-hydroxylation sites is 3. The predicted molar refractivity (Wildman–Crippen MR) is 428 cm³/mol. The lowest BCUT2D eigenvalue weighted by Crippen LogP contribution is -2.39. The Balaban J connectivity index is 0.000000730. The molecular formula is C77H99Cl3N6O12S3. The number of ether oxygens (including phenoxy) is 3. The van der Waals surface area contributed by atoms with Gasteiger partial charge in [0.1, 0.15) is 50.3 Å². The van der Waals surface area contributed by atoms with E-state index in [1.54, 1.807) is 88.4 Å². The van der Waals surface area contributed by atoms with Gasteiger partial charge in [0.05, 0.1) is 46.8 Å². The normalized spacial score (nSPS) is 15.5. The summed E-state index contributed by atoms with van der Waals surface area (Å²) >= 11 is 22.9. The highest BCUT2D eigenvalue weighted by atomic mass is 35.5. The SMILES string of the molecule is C.C.C.C.C.CC.CCCN=C1S/C(=C\c2ccc(OCC(=O)CC)c(Cl)c2)C(=O)N1c1ccccc1C.CCCN=C1S/C(=C\c2ccc(OCC(=O)CO)c(Cl)c2)C(=O)N1c1ccccc1C.CCCN=C1S/C(=C\c2ccc(OCC(O)(O)CO)c(Cl)c2)C(=O)N1c1ccccc1C. The van der Waals surface area contributed by atoms with Crippen LogP contribution in [0, 0.1) is 20.8 Å². The maximum Gasteiger partial charge on any atom is 0.271 e. The van der Waals surface area contributed by atoms with Crippen molar-refractivity contribution in [1.82, 2.24) is 0 Å². The molecule has 0 atom stereocenters. The number of hydrogen-bond donors (Lipinski definition) is 4. The Morgan fingerprint density at radius 2 is 0.772 bits per heavy atom. The number of amidine groups is 3. The molecule has 3 fully saturated rings. The standard InChI is InChI=1S/C24H25ClN2O3S.C23H25ClN2O5S.C23H23ClN2O4S.C2H6.5CH4/c1-4-12-26-24-27(20-9-7-6-8-16(20)3)23(29)22(31-24)14-17-10-11-21(19(25)13-17)30-15-18(28)5-2;1-3-10-25-22-26(18-7-5-4-6-15(18)2)21(28)20(32-22)12-16-8-9-19(17(24)11-16)31-14-23(29,30)13-27;1-3-10-25-23-26(19-7-5-4-6-15(19)2)22(29)21(31-23)12-16-8-9-20(18(24)11-16)30-14-17(28)13-27;1-2;;;;;/h6-11,13-14H,4-5,12,15H2,1-3H3;4-9,11-12,27,29-30H,3,10,13-14H2,1-2H3;4-9,11-12,27H,3,10,13-14H2,1-2H3;1-2H3;5*1H4/b22-14-,26-24?;20-12-,25-22?;21-12-,25-23?;;;;;;. The highest BCUT2D eigenvalue weighted by Crippen LogP contribution is 2.42. The van der Waals surface area contributed by atoms with Crippen LogP contribution in [-0.2, 0) is 24.0 Å². The predicted octanol–water partition coefficient (Wildman–Crippen LogP) is 18.2. The zero-order chi connectivity index (χ0) is 70.1. The molecule has 0 spiro atoms. The molecule has 6 aromatic carbocycles. The number of nitrogens with zero attached hydrogens (tertiary/aromatic N) is 6. The lowest BCUT2D eigenvalue weighted by molar-refractivity contribution is -0.203. The quantitative estimate of drug-likeness (QED) is 0.0325. The Kier molecular flexibility index (Phi) is 41.2. The van der Waals surface area contributed by atoms with E-state index in [4.69, 9.17) is 59.2 Å². The number of aryl methyl sites for hydroxylation is 3. The molecule has 6 aromatic rings. The molecule has 24 heteroatoms. The van der Waals surface area contributed by atoms with Gasteiger partial charge in [-0.2, -0.15) is 0 Å². The number of aliphatic imine (C=N–C) groups is 3. The van der Waals surface area contributed by atoms with Gasteiger partial charge in [0.15, 0.2) is 27.1 Å². The largest absolute Gasteiger partial charge is 0.486 e. The Bertz CT molecular complexity index is 3790. The number of hydrogen-bond acceptors (Lipinski definition) is 18. The Labute approximate surface area is 625 Å². The third-order valence-corrected chi connectivity index (χ3v) is 17.6. The first-order valence-electron chi connectivity index (χ1n) is 31.1. The van der Waals surface area contributed by atoms with Gasteiger partial charge in [0, 0.05) is 26.1 Å². The number of aliphatic hydroxyl groups excluding tert-OH is 2. The summed E-state index contributed by atoms with van der Waals surface area (Å²) in [6.07, 6.45) is 8.38. The molecule has 18 nitrogen and oxygen atoms in total. The molecule has 3 aliphatic rings. The minimum Gasteiger partial charge on any atom is -0.486 e. The second kappa shape index (κ2) is 45.4. The molecule has 0 aromatic heterocycles.